The molecule has 0 aliphatic rings. The van der Waals surface area contributed by atoms with E-state index in [4.69, 9.17) is 14.9 Å². The number of likely N-dealkylation sites (N-methyl/N-ethyl adjacent to an activating group) is 1. The molecule has 6 heteroatoms. The molecule has 0 unspecified atom stereocenters. The quantitative estimate of drug-likeness (QED) is 0.851. The molecular weight excluding hydrogens is 324 g/mol. The van der Waals surface area contributed by atoms with Gasteiger partial charge in [-0.1, -0.05) is 12.1 Å². The van der Waals surface area contributed by atoms with Crippen LogP contribution in [0.2, 0.25) is 0 Å². The second kappa shape index (κ2) is 6.47. The van der Waals surface area contributed by atoms with E-state index in [-0.39, 0.29) is 12.5 Å². The van der Waals surface area contributed by atoms with Crippen molar-refractivity contribution in [2.45, 2.75) is 6.54 Å². The van der Waals surface area contributed by atoms with Crippen LogP contribution in [0.5, 0.6) is 5.75 Å². The first-order chi connectivity index (χ1) is 9.56. The van der Waals surface area contributed by atoms with Crippen molar-refractivity contribution in [2.24, 2.45) is 0 Å². The number of nitrogens with zero attached hydrogens (tertiary/aromatic N) is 1. The summed E-state index contributed by atoms with van der Waals surface area (Å²) in [6.07, 6.45) is 0. The Bertz CT molecular complexity index is 598. The van der Waals surface area contributed by atoms with E-state index in [0.29, 0.717) is 28.4 Å². The first-order valence-corrected chi connectivity index (χ1v) is 6.81. The molecule has 0 aliphatic carbocycles. The van der Waals surface area contributed by atoms with E-state index in [0.717, 1.165) is 0 Å². The third kappa shape index (κ3) is 3.77. The van der Waals surface area contributed by atoms with E-state index < -0.39 is 0 Å². The van der Waals surface area contributed by atoms with Crippen LogP contribution in [-0.2, 0) is 11.3 Å². The summed E-state index contributed by atoms with van der Waals surface area (Å²) in [7, 11) is 1.69. The van der Waals surface area contributed by atoms with Gasteiger partial charge < -0.3 is 19.8 Å². The van der Waals surface area contributed by atoms with Crippen LogP contribution >= 0.6 is 15.9 Å². The highest BCUT2D eigenvalue weighted by atomic mass is 79.9. The summed E-state index contributed by atoms with van der Waals surface area (Å²) in [4.78, 5) is 13.5. The molecule has 0 aliphatic heterocycles. The second-order valence-corrected chi connectivity index (χ2v) is 5.06. The average molecular weight is 339 g/mol. The maximum atomic E-state index is 11.9. The van der Waals surface area contributed by atoms with Crippen molar-refractivity contribution in [3.63, 3.8) is 0 Å². The first-order valence-electron chi connectivity index (χ1n) is 6.02. The molecule has 5 nitrogen and oxygen atoms in total. The third-order valence-corrected chi connectivity index (χ3v) is 3.14. The number of hydrogen-bond donors (Lipinski definition) is 1. The zero-order chi connectivity index (χ0) is 14.5. The highest BCUT2D eigenvalue weighted by Crippen LogP contribution is 2.20. The topological polar surface area (TPSA) is 68.7 Å². The van der Waals surface area contributed by atoms with Crippen molar-refractivity contribution in [1.29, 1.82) is 0 Å². The SMILES string of the molecule is CN(Cc1ccc(Br)o1)C(=O)COc1ccccc1N. The number of carbonyl (C=O) groups is 1. The molecule has 1 heterocycles. The number of para-hydroxylation sites is 2. The number of amides is 1. The van der Waals surface area contributed by atoms with E-state index in [1.165, 1.54) is 4.90 Å². The maximum absolute atomic E-state index is 11.9. The number of nitrogens with two attached hydrogens (primary N) is 1. The third-order valence-electron chi connectivity index (χ3n) is 2.72. The number of benzene rings is 1. The number of furan rings is 1. The van der Waals surface area contributed by atoms with Gasteiger partial charge in [0.1, 0.15) is 11.5 Å². The van der Waals surface area contributed by atoms with Crippen LogP contribution in [0.25, 0.3) is 0 Å². The van der Waals surface area contributed by atoms with Gasteiger partial charge in [-0.2, -0.15) is 0 Å². The minimum absolute atomic E-state index is 0.0629. The number of halogens is 1. The highest BCUT2D eigenvalue weighted by molar-refractivity contribution is 9.10. The zero-order valence-corrected chi connectivity index (χ0v) is 12.6. The summed E-state index contributed by atoms with van der Waals surface area (Å²) < 4.78 is 11.4. The molecule has 2 aromatic rings. The van der Waals surface area contributed by atoms with Gasteiger partial charge in [-0.15, -0.1) is 0 Å². The van der Waals surface area contributed by atoms with E-state index >= 15 is 0 Å². The summed E-state index contributed by atoms with van der Waals surface area (Å²) in [5.74, 6) is 1.06. The van der Waals surface area contributed by atoms with Crippen LogP contribution in [0.4, 0.5) is 5.69 Å². The molecule has 0 saturated carbocycles. The van der Waals surface area contributed by atoms with Crippen LogP contribution in [0.3, 0.4) is 0 Å². The fourth-order valence-electron chi connectivity index (χ4n) is 1.62. The summed E-state index contributed by atoms with van der Waals surface area (Å²) >= 11 is 3.22. The largest absolute Gasteiger partial charge is 0.482 e. The lowest BCUT2D eigenvalue weighted by molar-refractivity contribution is -0.132. The molecule has 0 saturated heterocycles. The predicted octanol–water partition coefficient (Wildman–Crippen LogP) is 2.66. The zero-order valence-electron chi connectivity index (χ0n) is 11.0. The normalized spacial score (nSPS) is 10.3. The Morgan fingerprint density at radius 1 is 1.35 bits per heavy atom. The van der Waals surface area contributed by atoms with Crippen LogP contribution in [0.1, 0.15) is 5.76 Å². The van der Waals surface area contributed by atoms with Gasteiger partial charge in [0, 0.05) is 7.05 Å². The molecule has 1 aromatic carbocycles. The maximum Gasteiger partial charge on any atom is 0.260 e. The minimum atomic E-state index is -0.152. The number of ether oxygens (including phenoxy) is 1. The molecule has 0 atom stereocenters. The smallest absolute Gasteiger partial charge is 0.260 e. The molecular formula is C14H15BrN2O3. The average Bonchev–Trinajstić information content (AvgIpc) is 2.82. The lowest BCUT2D eigenvalue weighted by atomic mass is 10.3. The highest BCUT2D eigenvalue weighted by Gasteiger charge is 2.12. The van der Waals surface area contributed by atoms with Crippen molar-refractivity contribution in [3.8, 4) is 5.75 Å². The van der Waals surface area contributed by atoms with Gasteiger partial charge in [0.25, 0.3) is 5.91 Å². The van der Waals surface area contributed by atoms with Gasteiger partial charge in [-0.25, -0.2) is 0 Å². The van der Waals surface area contributed by atoms with Gasteiger partial charge in [-0.05, 0) is 40.2 Å². The molecule has 2 rings (SSSR count). The Labute approximate surface area is 125 Å². The van der Waals surface area contributed by atoms with Crippen molar-refractivity contribution < 1.29 is 13.9 Å². The molecule has 20 heavy (non-hydrogen) atoms. The van der Waals surface area contributed by atoms with E-state index in [2.05, 4.69) is 15.9 Å². The number of anilines is 1. The summed E-state index contributed by atoms with van der Waals surface area (Å²) in [5, 5.41) is 0. The Morgan fingerprint density at radius 2 is 2.10 bits per heavy atom. The fraction of sp³-hybridized carbons (Fsp3) is 0.214. The predicted molar refractivity (Wildman–Crippen MR) is 79.2 cm³/mol. The number of hydrogen-bond acceptors (Lipinski definition) is 4. The monoisotopic (exact) mass is 338 g/mol. The summed E-state index contributed by atoms with van der Waals surface area (Å²) in [6.45, 7) is 0.324. The molecule has 0 fully saturated rings. The summed E-state index contributed by atoms with van der Waals surface area (Å²) in [6, 6.07) is 10.7. The number of carbonyl (C=O) groups excluding carboxylic acids is 1. The van der Waals surface area contributed by atoms with Crippen LogP contribution in [0, 0.1) is 0 Å². The summed E-state index contributed by atoms with van der Waals surface area (Å²) in [5.41, 5.74) is 6.25. The molecule has 106 valence electrons. The first kappa shape index (κ1) is 14.5. The molecule has 1 aromatic heterocycles. The minimum Gasteiger partial charge on any atom is -0.482 e. The molecule has 1 amide bonds. The lowest BCUT2D eigenvalue weighted by Gasteiger charge is -2.16. The molecule has 0 radical (unpaired) electrons. The van der Waals surface area contributed by atoms with Gasteiger partial charge in [0.05, 0.1) is 12.2 Å². The van der Waals surface area contributed by atoms with Gasteiger partial charge in [0.15, 0.2) is 11.3 Å². The fourth-order valence-corrected chi connectivity index (χ4v) is 1.96. The van der Waals surface area contributed by atoms with Crippen LogP contribution < -0.4 is 10.5 Å². The van der Waals surface area contributed by atoms with Crippen molar-refractivity contribution in [1.82, 2.24) is 4.90 Å². The van der Waals surface area contributed by atoms with Gasteiger partial charge in [-0.3, -0.25) is 4.79 Å². The van der Waals surface area contributed by atoms with Crippen LogP contribution in [-0.4, -0.2) is 24.5 Å². The lowest BCUT2D eigenvalue weighted by Crippen LogP contribution is -2.30. The van der Waals surface area contributed by atoms with Gasteiger partial charge >= 0.3 is 0 Å². The Hall–Kier alpha value is -1.95. The van der Waals surface area contributed by atoms with Gasteiger partial charge in [0.2, 0.25) is 0 Å². The van der Waals surface area contributed by atoms with E-state index in [1.54, 1.807) is 31.3 Å². The molecule has 2 N–H and O–H groups in total. The standard InChI is InChI=1S/C14H15BrN2O3/c1-17(8-10-6-7-13(15)20-10)14(18)9-19-12-5-3-2-4-11(12)16/h2-7H,8-9,16H2,1H3. The van der Waals surface area contributed by atoms with E-state index in [1.807, 2.05) is 12.1 Å². The van der Waals surface area contributed by atoms with Crippen LogP contribution in [0.15, 0.2) is 45.5 Å². The van der Waals surface area contributed by atoms with Crippen molar-refractivity contribution in [3.05, 3.63) is 46.8 Å². The van der Waals surface area contributed by atoms with Crippen molar-refractivity contribution >= 4 is 27.5 Å². The molecule has 0 spiro atoms. The number of nitrogen functional groups attached to an aromatic ring is 1. The van der Waals surface area contributed by atoms with Crippen molar-refractivity contribution in [2.75, 3.05) is 19.4 Å². The Morgan fingerprint density at radius 3 is 2.75 bits per heavy atom. The Balaban J connectivity index is 1.87. The van der Waals surface area contributed by atoms with E-state index in [9.17, 15) is 4.79 Å². The molecule has 0 bridgehead atoms. The Kier molecular flexibility index (Phi) is 4.68. The number of rotatable bonds is 5. The second-order valence-electron chi connectivity index (χ2n) is 4.28.